The van der Waals surface area contributed by atoms with Crippen molar-refractivity contribution in [2.24, 2.45) is 5.92 Å². The molecule has 0 bridgehead atoms. The van der Waals surface area contributed by atoms with E-state index in [1.54, 1.807) is 12.4 Å². The van der Waals surface area contributed by atoms with Crippen molar-refractivity contribution < 1.29 is 9.53 Å². The Morgan fingerprint density at radius 1 is 1.45 bits per heavy atom. The van der Waals surface area contributed by atoms with Crippen molar-refractivity contribution in [3.8, 4) is 0 Å². The zero-order valence-electron chi connectivity index (χ0n) is 12.3. The predicted molar refractivity (Wildman–Crippen MR) is 77.7 cm³/mol. The standard InChI is InChI=1S/C14H22N4O2/c1-4-12-11(6-5-7-20-12)13(19)17-10-8-15-14(16-9-10)18(2)3/h8-9,11-12H,4-7H2,1-3H3,(H,17,19)/t11-,12+/m1/s1. The van der Waals surface area contributed by atoms with E-state index in [1.807, 2.05) is 25.9 Å². The third kappa shape index (κ3) is 3.45. The SMILES string of the molecule is CC[C@@H]1OCCC[C@H]1C(=O)Nc1cnc(N(C)C)nc1. The van der Waals surface area contributed by atoms with Crippen LogP contribution >= 0.6 is 0 Å². The Morgan fingerprint density at radius 2 is 2.15 bits per heavy atom. The van der Waals surface area contributed by atoms with Crippen LogP contribution in [0.15, 0.2) is 12.4 Å². The molecule has 1 N–H and O–H groups in total. The van der Waals surface area contributed by atoms with Crippen LogP contribution in [0.1, 0.15) is 26.2 Å². The highest BCUT2D eigenvalue weighted by atomic mass is 16.5. The Labute approximate surface area is 119 Å². The van der Waals surface area contributed by atoms with Crippen LogP contribution in [-0.4, -0.2) is 42.7 Å². The van der Waals surface area contributed by atoms with Gasteiger partial charge in [0.05, 0.1) is 30.1 Å². The van der Waals surface area contributed by atoms with Gasteiger partial charge in [0.15, 0.2) is 0 Å². The van der Waals surface area contributed by atoms with Crippen LogP contribution in [0, 0.1) is 5.92 Å². The summed E-state index contributed by atoms with van der Waals surface area (Å²) in [5.41, 5.74) is 0.626. The predicted octanol–water partition coefficient (Wildman–Crippen LogP) is 1.69. The first kappa shape index (κ1) is 14.7. The average molecular weight is 278 g/mol. The van der Waals surface area contributed by atoms with Gasteiger partial charge in [-0.1, -0.05) is 6.92 Å². The van der Waals surface area contributed by atoms with Gasteiger partial charge in [0.25, 0.3) is 0 Å². The second-order valence-electron chi connectivity index (χ2n) is 5.22. The van der Waals surface area contributed by atoms with E-state index < -0.39 is 0 Å². The van der Waals surface area contributed by atoms with Crippen molar-refractivity contribution in [2.75, 3.05) is 30.9 Å². The van der Waals surface area contributed by atoms with Gasteiger partial charge >= 0.3 is 0 Å². The first-order valence-corrected chi connectivity index (χ1v) is 7.03. The fourth-order valence-electron chi connectivity index (χ4n) is 2.39. The van der Waals surface area contributed by atoms with Crippen molar-refractivity contribution in [2.45, 2.75) is 32.3 Å². The van der Waals surface area contributed by atoms with Gasteiger partial charge in [-0.25, -0.2) is 9.97 Å². The lowest BCUT2D eigenvalue weighted by Gasteiger charge is -2.29. The molecule has 1 aromatic rings. The van der Waals surface area contributed by atoms with E-state index in [-0.39, 0.29) is 17.9 Å². The molecule has 0 spiro atoms. The van der Waals surface area contributed by atoms with E-state index in [0.29, 0.717) is 11.6 Å². The Bertz CT molecular complexity index is 447. The van der Waals surface area contributed by atoms with E-state index in [9.17, 15) is 4.79 Å². The van der Waals surface area contributed by atoms with Gasteiger partial charge in [0.1, 0.15) is 0 Å². The summed E-state index contributed by atoms with van der Waals surface area (Å²) in [5, 5.41) is 2.88. The summed E-state index contributed by atoms with van der Waals surface area (Å²) >= 11 is 0. The largest absolute Gasteiger partial charge is 0.377 e. The van der Waals surface area contributed by atoms with E-state index in [2.05, 4.69) is 15.3 Å². The van der Waals surface area contributed by atoms with Crippen LogP contribution in [0.3, 0.4) is 0 Å². The van der Waals surface area contributed by atoms with E-state index in [1.165, 1.54) is 0 Å². The zero-order chi connectivity index (χ0) is 14.5. The van der Waals surface area contributed by atoms with Gasteiger partial charge in [-0.05, 0) is 19.3 Å². The Morgan fingerprint density at radius 3 is 2.75 bits per heavy atom. The van der Waals surface area contributed by atoms with Crippen LogP contribution < -0.4 is 10.2 Å². The van der Waals surface area contributed by atoms with Gasteiger partial charge in [0.2, 0.25) is 11.9 Å². The number of ether oxygens (including phenoxy) is 1. The fraction of sp³-hybridized carbons (Fsp3) is 0.643. The molecule has 0 aromatic carbocycles. The molecule has 1 amide bonds. The molecule has 2 atom stereocenters. The van der Waals surface area contributed by atoms with Gasteiger partial charge in [-0.15, -0.1) is 0 Å². The highest BCUT2D eigenvalue weighted by Gasteiger charge is 2.30. The van der Waals surface area contributed by atoms with Crippen molar-refractivity contribution >= 4 is 17.5 Å². The van der Waals surface area contributed by atoms with Crippen LogP contribution in [0.2, 0.25) is 0 Å². The normalized spacial score (nSPS) is 22.4. The number of rotatable bonds is 4. The highest BCUT2D eigenvalue weighted by molar-refractivity contribution is 5.92. The minimum absolute atomic E-state index is 0.00208. The lowest BCUT2D eigenvalue weighted by Crippen LogP contribution is -2.37. The number of hydrogen-bond acceptors (Lipinski definition) is 5. The molecule has 1 saturated heterocycles. The molecule has 20 heavy (non-hydrogen) atoms. The number of aromatic nitrogens is 2. The molecule has 0 aliphatic carbocycles. The molecular weight excluding hydrogens is 256 g/mol. The number of carbonyl (C=O) groups is 1. The maximum atomic E-state index is 12.3. The molecule has 0 unspecified atom stereocenters. The number of nitrogens with zero attached hydrogens (tertiary/aromatic N) is 3. The molecule has 2 heterocycles. The second kappa shape index (κ2) is 6.65. The first-order valence-electron chi connectivity index (χ1n) is 7.03. The third-order valence-corrected chi connectivity index (χ3v) is 3.49. The lowest BCUT2D eigenvalue weighted by atomic mass is 9.92. The lowest BCUT2D eigenvalue weighted by molar-refractivity contribution is -0.129. The van der Waals surface area contributed by atoms with Crippen LogP contribution in [0.5, 0.6) is 0 Å². The van der Waals surface area contributed by atoms with Crippen molar-refractivity contribution in [3.05, 3.63) is 12.4 Å². The number of carbonyl (C=O) groups excluding carboxylic acids is 1. The van der Waals surface area contributed by atoms with Gasteiger partial charge in [-0.2, -0.15) is 0 Å². The molecule has 1 aliphatic heterocycles. The van der Waals surface area contributed by atoms with Crippen molar-refractivity contribution in [1.29, 1.82) is 0 Å². The monoisotopic (exact) mass is 278 g/mol. The first-order chi connectivity index (χ1) is 9.61. The zero-order valence-corrected chi connectivity index (χ0v) is 12.3. The number of amides is 1. The van der Waals surface area contributed by atoms with Gasteiger partial charge in [-0.3, -0.25) is 4.79 Å². The van der Waals surface area contributed by atoms with Crippen LogP contribution in [0.4, 0.5) is 11.6 Å². The van der Waals surface area contributed by atoms with E-state index >= 15 is 0 Å². The molecular formula is C14H22N4O2. The van der Waals surface area contributed by atoms with Crippen LogP contribution in [0.25, 0.3) is 0 Å². The molecule has 2 rings (SSSR count). The van der Waals surface area contributed by atoms with Gasteiger partial charge < -0.3 is 15.0 Å². The van der Waals surface area contributed by atoms with Gasteiger partial charge in [0, 0.05) is 20.7 Å². The maximum Gasteiger partial charge on any atom is 0.230 e. The van der Waals surface area contributed by atoms with Crippen molar-refractivity contribution in [3.63, 3.8) is 0 Å². The Balaban J connectivity index is 1.99. The summed E-state index contributed by atoms with van der Waals surface area (Å²) in [5.74, 6) is 0.537. The summed E-state index contributed by atoms with van der Waals surface area (Å²) in [6, 6.07) is 0. The second-order valence-corrected chi connectivity index (χ2v) is 5.22. The molecule has 110 valence electrons. The minimum atomic E-state index is -0.0812. The quantitative estimate of drug-likeness (QED) is 0.907. The summed E-state index contributed by atoms with van der Waals surface area (Å²) < 4.78 is 5.65. The Hall–Kier alpha value is -1.69. The topological polar surface area (TPSA) is 67.3 Å². The molecule has 6 nitrogen and oxygen atoms in total. The number of anilines is 2. The molecule has 0 saturated carbocycles. The number of nitrogens with one attached hydrogen (secondary N) is 1. The summed E-state index contributed by atoms with van der Waals surface area (Å²) in [7, 11) is 3.75. The molecule has 1 aliphatic rings. The minimum Gasteiger partial charge on any atom is -0.377 e. The highest BCUT2D eigenvalue weighted by Crippen LogP contribution is 2.24. The molecule has 1 aromatic heterocycles. The molecule has 1 fully saturated rings. The smallest absolute Gasteiger partial charge is 0.230 e. The molecule has 0 radical (unpaired) electrons. The van der Waals surface area contributed by atoms with E-state index in [0.717, 1.165) is 25.9 Å². The summed E-state index contributed by atoms with van der Waals surface area (Å²) in [6.45, 7) is 2.80. The summed E-state index contributed by atoms with van der Waals surface area (Å²) in [6.07, 6.45) is 5.95. The maximum absolute atomic E-state index is 12.3. The number of hydrogen-bond donors (Lipinski definition) is 1. The van der Waals surface area contributed by atoms with Crippen molar-refractivity contribution in [1.82, 2.24) is 9.97 Å². The summed E-state index contributed by atoms with van der Waals surface area (Å²) in [4.78, 5) is 22.5. The molecule has 6 heteroatoms. The average Bonchev–Trinajstić information content (AvgIpc) is 2.47. The van der Waals surface area contributed by atoms with Crippen LogP contribution in [-0.2, 0) is 9.53 Å². The van der Waals surface area contributed by atoms with E-state index in [4.69, 9.17) is 4.74 Å². The Kier molecular flexibility index (Phi) is 4.89. The third-order valence-electron chi connectivity index (χ3n) is 3.49. The fourth-order valence-corrected chi connectivity index (χ4v) is 2.39.